The molecule has 0 saturated carbocycles. The first-order valence-corrected chi connectivity index (χ1v) is 7.55. The van der Waals surface area contributed by atoms with Crippen LogP contribution in [0.2, 0.25) is 0 Å². The van der Waals surface area contributed by atoms with Gasteiger partial charge in [0.05, 0.1) is 6.61 Å². The first-order chi connectivity index (χ1) is 10.8. The van der Waals surface area contributed by atoms with Gasteiger partial charge in [0, 0.05) is 12.0 Å². The monoisotopic (exact) mass is 308 g/mol. The van der Waals surface area contributed by atoms with Crippen molar-refractivity contribution in [3.05, 3.63) is 77.9 Å². The second kappa shape index (κ2) is 6.69. The fraction of sp³-hybridized carbons (Fsp3) is 0.105. The number of thiocarbonyl (C=S) groups is 1. The molecule has 0 aliphatic rings. The Morgan fingerprint density at radius 3 is 2.41 bits per heavy atom. The van der Waals surface area contributed by atoms with Gasteiger partial charge in [-0.2, -0.15) is 0 Å². The van der Waals surface area contributed by atoms with E-state index in [2.05, 4.69) is 0 Å². The van der Waals surface area contributed by atoms with Crippen molar-refractivity contribution in [2.24, 2.45) is 0 Å². The predicted octanol–water partition coefficient (Wildman–Crippen LogP) is 4.28. The predicted molar refractivity (Wildman–Crippen MR) is 93.2 cm³/mol. The average Bonchev–Trinajstić information content (AvgIpc) is 2.55. The van der Waals surface area contributed by atoms with Crippen LogP contribution in [0.4, 0.5) is 0 Å². The third-order valence-corrected chi connectivity index (χ3v) is 3.80. The van der Waals surface area contributed by atoms with Crippen LogP contribution in [0.15, 0.2) is 66.7 Å². The van der Waals surface area contributed by atoms with Gasteiger partial charge in [-0.25, -0.2) is 0 Å². The maximum Gasteiger partial charge on any atom is 0.171 e. The summed E-state index contributed by atoms with van der Waals surface area (Å²) in [6, 6.07) is 21.7. The van der Waals surface area contributed by atoms with Crippen LogP contribution in [0.5, 0.6) is 5.75 Å². The van der Waals surface area contributed by atoms with Gasteiger partial charge in [0.2, 0.25) is 0 Å². The van der Waals surface area contributed by atoms with Gasteiger partial charge in [0.15, 0.2) is 5.05 Å². The minimum atomic E-state index is -0.0787. The Labute approximate surface area is 135 Å². The Kier molecular flexibility index (Phi) is 4.47. The van der Waals surface area contributed by atoms with Crippen molar-refractivity contribution in [2.75, 3.05) is 0 Å². The summed E-state index contributed by atoms with van der Waals surface area (Å²) < 4.78 is 5.82. The van der Waals surface area contributed by atoms with E-state index in [0.717, 1.165) is 21.9 Å². The zero-order chi connectivity index (χ0) is 15.4. The van der Waals surface area contributed by atoms with Gasteiger partial charge in [0.1, 0.15) is 5.75 Å². The van der Waals surface area contributed by atoms with Crippen LogP contribution >= 0.6 is 12.2 Å². The van der Waals surface area contributed by atoms with Crippen LogP contribution in [0.1, 0.15) is 11.1 Å². The maximum atomic E-state index is 9.70. The molecule has 0 amide bonds. The van der Waals surface area contributed by atoms with E-state index >= 15 is 0 Å². The summed E-state index contributed by atoms with van der Waals surface area (Å²) in [6.07, 6.45) is 0.577. The number of hydrogen-bond acceptors (Lipinski definition) is 3. The molecule has 3 aromatic rings. The number of rotatable bonds is 4. The van der Waals surface area contributed by atoms with Gasteiger partial charge in [-0.15, -0.1) is 0 Å². The summed E-state index contributed by atoms with van der Waals surface area (Å²) in [7, 11) is 0. The lowest BCUT2D eigenvalue weighted by Crippen LogP contribution is -2.10. The Morgan fingerprint density at radius 1 is 0.909 bits per heavy atom. The first kappa shape index (κ1) is 14.7. The highest BCUT2D eigenvalue weighted by Gasteiger charge is 2.10. The molecule has 110 valence electrons. The smallest absolute Gasteiger partial charge is 0.171 e. The molecule has 3 rings (SSSR count). The van der Waals surface area contributed by atoms with Crippen molar-refractivity contribution in [1.29, 1.82) is 0 Å². The zero-order valence-electron chi connectivity index (χ0n) is 12.0. The van der Waals surface area contributed by atoms with E-state index in [9.17, 15) is 5.11 Å². The molecule has 3 heteroatoms. The summed E-state index contributed by atoms with van der Waals surface area (Å²) >= 11 is 5.34. The quantitative estimate of drug-likeness (QED) is 0.729. The van der Waals surface area contributed by atoms with Crippen molar-refractivity contribution in [3.8, 4) is 5.75 Å². The summed E-state index contributed by atoms with van der Waals surface area (Å²) in [5.74, 6) is 0.627. The second-order valence-electron chi connectivity index (χ2n) is 5.06. The van der Waals surface area contributed by atoms with Crippen molar-refractivity contribution < 1.29 is 9.84 Å². The third kappa shape index (κ3) is 3.16. The molecule has 3 aromatic carbocycles. The molecule has 0 aliphatic heterocycles. The molecule has 0 fully saturated rings. The standard InChI is InChI=1S/C19H16O2S/c20-13-17-16-9-5-4-8-15(16)10-11-18(17)21-19(22)12-14-6-2-1-3-7-14/h1-11,20H,12-13H2. The SMILES string of the molecule is OCc1c(OC(=S)Cc2ccccc2)ccc2ccccc12. The molecule has 22 heavy (non-hydrogen) atoms. The zero-order valence-corrected chi connectivity index (χ0v) is 12.8. The molecule has 0 atom stereocenters. The van der Waals surface area contributed by atoms with Crippen LogP contribution in [0.25, 0.3) is 10.8 Å². The van der Waals surface area contributed by atoms with Crippen molar-refractivity contribution >= 4 is 28.0 Å². The average molecular weight is 308 g/mol. The van der Waals surface area contributed by atoms with Crippen LogP contribution in [-0.4, -0.2) is 10.2 Å². The minimum absolute atomic E-state index is 0.0787. The number of ether oxygens (including phenoxy) is 1. The lowest BCUT2D eigenvalue weighted by molar-refractivity contribution is 0.279. The number of aliphatic hydroxyl groups excluding tert-OH is 1. The molecule has 0 heterocycles. The molecule has 0 bridgehead atoms. The summed E-state index contributed by atoms with van der Waals surface area (Å²) in [4.78, 5) is 0. The number of fused-ring (bicyclic) bond motifs is 1. The van der Waals surface area contributed by atoms with Gasteiger partial charge < -0.3 is 9.84 Å². The number of aliphatic hydroxyl groups is 1. The van der Waals surface area contributed by atoms with Gasteiger partial charge in [-0.1, -0.05) is 60.7 Å². The largest absolute Gasteiger partial charge is 0.450 e. The third-order valence-electron chi connectivity index (χ3n) is 3.57. The topological polar surface area (TPSA) is 29.5 Å². The Bertz CT molecular complexity index is 797. The summed E-state index contributed by atoms with van der Waals surface area (Å²) in [5.41, 5.74) is 1.88. The molecular weight excluding hydrogens is 292 g/mol. The fourth-order valence-corrected chi connectivity index (χ4v) is 2.75. The van der Waals surface area contributed by atoms with E-state index < -0.39 is 0 Å². The van der Waals surface area contributed by atoms with Crippen LogP contribution in [0, 0.1) is 0 Å². The van der Waals surface area contributed by atoms with E-state index in [1.54, 1.807) is 0 Å². The highest BCUT2D eigenvalue weighted by Crippen LogP contribution is 2.28. The first-order valence-electron chi connectivity index (χ1n) is 7.14. The number of hydrogen-bond donors (Lipinski definition) is 1. The van der Waals surface area contributed by atoms with Gasteiger partial charge in [-0.05, 0) is 34.6 Å². The van der Waals surface area contributed by atoms with Crippen molar-refractivity contribution in [1.82, 2.24) is 0 Å². The van der Waals surface area contributed by atoms with Gasteiger partial charge >= 0.3 is 0 Å². The number of benzene rings is 3. The van der Waals surface area contributed by atoms with Gasteiger partial charge in [-0.3, -0.25) is 0 Å². The van der Waals surface area contributed by atoms with E-state index in [4.69, 9.17) is 17.0 Å². The highest BCUT2D eigenvalue weighted by atomic mass is 32.1. The van der Waals surface area contributed by atoms with E-state index in [-0.39, 0.29) is 6.61 Å². The minimum Gasteiger partial charge on any atom is -0.450 e. The molecule has 0 aromatic heterocycles. The molecule has 0 aliphatic carbocycles. The Balaban J connectivity index is 1.86. The van der Waals surface area contributed by atoms with Crippen molar-refractivity contribution in [3.63, 3.8) is 0 Å². The molecule has 0 spiro atoms. The van der Waals surface area contributed by atoms with Gasteiger partial charge in [0.25, 0.3) is 0 Å². The summed E-state index contributed by atoms with van der Waals surface area (Å²) in [6.45, 7) is -0.0787. The fourth-order valence-electron chi connectivity index (χ4n) is 2.50. The normalized spacial score (nSPS) is 10.6. The lowest BCUT2D eigenvalue weighted by atomic mass is 10.0. The molecule has 0 saturated heterocycles. The molecule has 0 unspecified atom stereocenters. The van der Waals surface area contributed by atoms with Crippen molar-refractivity contribution in [2.45, 2.75) is 13.0 Å². The molecule has 1 N–H and O–H groups in total. The second-order valence-corrected chi connectivity index (χ2v) is 5.51. The van der Waals surface area contributed by atoms with Crippen LogP contribution in [-0.2, 0) is 13.0 Å². The Morgan fingerprint density at radius 2 is 1.64 bits per heavy atom. The maximum absolute atomic E-state index is 9.70. The van der Waals surface area contributed by atoms with E-state index in [0.29, 0.717) is 17.2 Å². The molecule has 0 radical (unpaired) electrons. The van der Waals surface area contributed by atoms with Crippen LogP contribution < -0.4 is 4.74 Å². The molecular formula is C19H16O2S. The van der Waals surface area contributed by atoms with E-state index in [1.165, 1.54) is 0 Å². The van der Waals surface area contributed by atoms with Crippen LogP contribution in [0.3, 0.4) is 0 Å². The molecule has 2 nitrogen and oxygen atoms in total. The highest BCUT2D eigenvalue weighted by molar-refractivity contribution is 7.80. The Hall–Kier alpha value is -2.23. The lowest BCUT2D eigenvalue weighted by Gasteiger charge is -2.13. The summed E-state index contributed by atoms with van der Waals surface area (Å²) in [5, 5.41) is 12.3. The van der Waals surface area contributed by atoms with E-state index in [1.807, 2.05) is 66.7 Å².